The molecule has 0 radical (unpaired) electrons. The molecule has 1 aliphatic carbocycles. The average molecular weight is 277 g/mol. The third-order valence-corrected chi connectivity index (χ3v) is 4.56. The highest BCUT2D eigenvalue weighted by Gasteiger charge is 2.37. The van der Waals surface area contributed by atoms with Gasteiger partial charge in [-0.25, -0.2) is 0 Å². The largest absolute Gasteiger partial charge is 0.337 e. The molecule has 2 aliphatic rings. The minimum Gasteiger partial charge on any atom is -0.337 e. The predicted octanol–water partition coefficient (Wildman–Crippen LogP) is 3.05. The monoisotopic (exact) mass is 277 g/mol. The Morgan fingerprint density at radius 3 is 2.75 bits per heavy atom. The van der Waals surface area contributed by atoms with E-state index in [-0.39, 0.29) is 17.9 Å². The number of nitrogens with zero attached hydrogens (tertiary/aromatic N) is 3. The molecular formula is C15H23N3O2. The number of hydrogen-bond donors (Lipinski definition) is 0. The van der Waals surface area contributed by atoms with Crippen molar-refractivity contribution in [2.24, 2.45) is 5.92 Å². The van der Waals surface area contributed by atoms with Crippen LogP contribution in [0.25, 0.3) is 0 Å². The maximum atomic E-state index is 12.6. The summed E-state index contributed by atoms with van der Waals surface area (Å²) >= 11 is 0. The number of aromatic nitrogens is 2. The third-order valence-electron chi connectivity index (χ3n) is 4.56. The number of rotatable bonds is 5. The van der Waals surface area contributed by atoms with Crippen molar-refractivity contribution in [3.05, 3.63) is 11.7 Å². The topological polar surface area (TPSA) is 59.2 Å². The van der Waals surface area contributed by atoms with E-state index >= 15 is 0 Å². The maximum Gasteiger partial charge on any atom is 0.249 e. The molecule has 20 heavy (non-hydrogen) atoms. The quantitative estimate of drug-likeness (QED) is 0.830. The standard InChI is InChI=1S/C15H23N3O2/c1-3-10(4-2)15(19)18-9-5-6-12(18)14-16-13(17-20-14)11-7-8-11/h10-12H,3-9H2,1-2H3. The highest BCUT2D eigenvalue weighted by atomic mass is 16.5. The zero-order chi connectivity index (χ0) is 14.1. The molecule has 2 fully saturated rings. The van der Waals surface area contributed by atoms with Crippen molar-refractivity contribution in [2.75, 3.05) is 6.54 Å². The minimum atomic E-state index is 0.00287. The van der Waals surface area contributed by atoms with Crippen LogP contribution in [0.4, 0.5) is 0 Å². The SMILES string of the molecule is CCC(CC)C(=O)N1CCCC1c1nc(C2CC2)no1. The van der Waals surface area contributed by atoms with Gasteiger partial charge in [0, 0.05) is 18.4 Å². The molecule has 5 heteroatoms. The zero-order valence-corrected chi connectivity index (χ0v) is 12.3. The van der Waals surface area contributed by atoms with E-state index in [1.54, 1.807) is 0 Å². The van der Waals surface area contributed by atoms with Gasteiger partial charge in [0.25, 0.3) is 0 Å². The lowest BCUT2D eigenvalue weighted by molar-refractivity contribution is -0.137. The van der Waals surface area contributed by atoms with Crippen LogP contribution >= 0.6 is 0 Å². The molecule has 1 saturated heterocycles. The Hall–Kier alpha value is -1.39. The first kappa shape index (κ1) is 13.6. The molecule has 1 aromatic rings. The molecule has 0 spiro atoms. The van der Waals surface area contributed by atoms with E-state index in [1.807, 2.05) is 4.90 Å². The van der Waals surface area contributed by atoms with E-state index in [2.05, 4.69) is 24.0 Å². The lowest BCUT2D eigenvalue weighted by Crippen LogP contribution is -2.35. The van der Waals surface area contributed by atoms with Crippen LogP contribution in [0.3, 0.4) is 0 Å². The molecule has 1 saturated carbocycles. The van der Waals surface area contributed by atoms with Crippen LogP contribution in [0, 0.1) is 5.92 Å². The summed E-state index contributed by atoms with van der Waals surface area (Å²) in [5, 5.41) is 4.08. The Morgan fingerprint density at radius 1 is 1.35 bits per heavy atom. The van der Waals surface area contributed by atoms with E-state index in [0.29, 0.717) is 11.8 Å². The molecule has 1 unspecified atom stereocenters. The highest BCUT2D eigenvalue weighted by Crippen LogP contribution is 2.40. The molecule has 1 aliphatic heterocycles. The minimum absolute atomic E-state index is 0.00287. The van der Waals surface area contributed by atoms with Gasteiger partial charge < -0.3 is 9.42 Å². The van der Waals surface area contributed by atoms with Gasteiger partial charge in [-0.15, -0.1) is 0 Å². The van der Waals surface area contributed by atoms with Crippen molar-refractivity contribution in [3.63, 3.8) is 0 Å². The number of hydrogen-bond acceptors (Lipinski definition) is 4. The van der Waals surface area contributed by atoms with Crippen LogP contribution in [0.2, 0.25) is 0 Å². The van der Waals surface area contributed by atoms with Crippen LogP contribution in [0.15, 0.2) is 4.52 Å². The molecule has 0 N–H and O–H groups in total. The second-order valence-electron chi connectivity index (χ2n) is 5.97. The second-order valence-corrected chi connectivity index (χ2v) is 5.97. The summed E-state index contributed by atoms with van der Waals surface area (Å²) in [6.45, 7) is 4.98. The summed E-state index contributed by atoms with van der Waals surface area (Å²) in [6.07, 6.45) is 6.10. The van der Waals surface area contributed by atoms with Gasteiger partial charge in [-0.3, -0.25) is 4.79 Å². The van der Waals surface area contributed by atoms with Crippen LogP contribution in [-0.4, -0.2) is 27.5 Å². The predicted molar refractivity (Wildman–Crippen MR) is 74.0 cm³/mol. The Morgan fingerprint density at radius 2 is 2.10 bits per heavy atom. The normalized spacial score (nSPS) is 22.8. The van der Waals surface area contributed by atoms with Crippen molar-refractivity contribution in [3.8, 4) is 0 Å². The lowest BCUT2D eigenvalue weighted by Gasteiger charge is -2.25. The van der Waals surface area contributed by atoms with Crippen LogP contribution in [0.1, 0.15) is 76.0 Å². The van der Waals surface area contributed by atoms with E-state index in [4.69, 9.17) is 4.52 Å². The van der Waals surface area contributed by atoms with Crippen molar-refractivity contribution < 1.29 is 9.32 Å². The molecule has 2 heterocycles. The van der Waals surface area contributed by atoms with Crippen LogP contribution in [0.5, 0.6) is 0 Å². The fourth-order valence-corrected chi connectivity index (χ4v) is 3.05. The zero-order valence-electron chi connectivity index (χ0n) is 12.3. The molecule has 0 aromatic carbocycles. The maximum absolute atomic E-state index is 12.6. The van der Waals surface area contributed by atoms with Crippen molar-refractivity contribution >= 4 is 5.91 Å². The van der Waals surface area contributed by atoms with Gasteiger partial charge in [0.2, 0.25) is 11.8 Å². The Balaban J connectivity index is 1.75. The molecule has 0 bridgehead atoms. The van der Waals surface area contributed by atoms with Crippen LogP contribution < -0.4 is 0 Å². The summed E-state index contributed by atoms with van der Waals surface area (Å²) in [6, 6.07) is 0.00287. The van der Waals surface area contributed by atoms with Crippen molar-refractivity contribution in [1.82, 2.24) is 15.0 Å². The molecule has 1 atom stereocenters. The van der Waals surface area contributed by atoms with Gasteiger partial charge >= 0.3 is 0 Å². The van der Waals surface area contributed by atoms with Crippen LogP contribution in [-0.2, 0) is 4.79 Å². The van der Waals surface area contributed by atoms with E-state index in [9.17, 15) is 4.79 Å². The third kappa shape index (κ3) is 2.45. The number of amides is 1. The molecule has 1 amide bonds. The summed E-state index contributed by atoms with van der Waals surface area (Å²) in [5.41, 5.74) is 0. The first-order valence-corrected chi connectivity index (χ1v) is 7.88. The first-order chi connectivity index (χ1) is 9.74. The number of carbonyl (C=O) groups excluding carboxylic acids is 1. The Labute approximate surface area is 119 Å². The summed E-state index contributed by atoms with van der Waals surface area (Å²) < 4.78 is 5.42. The number of likely N-dealkylation sites (tertiary alicyclic amines) is 1. The van der Waals surface area contributed by atoms with Gasteiger partial charge in [-0.1, -0.05) is 19.0 Å². The van der Waals surface area contributed by atoms with E-state index in [1.165, 1.54) is 12.8 Å². The average Bonchev–Trinajstić information content (AvgIpc) is 3.02. The molecule has 110 valence electrons. The Bertz CT molecular complexity index is 477. The van der Waals surface area contributed by atoms with Gasteiger partial charge in [-0.2, -0.15) is 4.98 Å². The molecule has 5 nitrogen and oxygen atoms in total. The lowest BCUT2D eigenvalue weighted by atomic mass is 10.0. The van der Waals surface area contributed by atoms with Gasteiger partial charge in [-0.05, 0) is 38.5 Å². The highest BCUT2D eigenvalue weighted by molar-refractivity contribution is 5.79. The molecular weight excluding hydrogens is 254 g/mol. The second kappa shape index (κ2) is 5.54. The van der Waals surface area contributed by atoms with Crippen molar-refractivity contribution in [1.29, 1.82) is 0 Å². The summed E-state index contributed by atoms with van der Waals surface area (Å²) in [5.74, 6) is 2.35. The van der Waals surface area contributed by atoms with Gasteiger partial charge in [0.1, 0.15) is 6.04 Å². The first-order valence-electron chi connectivity index (χ1n) is 7.88. The van der Waals surface area contributed by atoms with Crippen molar-refractivity contribution in [2.45, 2.75) is 64.3 Å². The van der Waals surface area contributed by atoms with E-state index < -0.39 is 0 Å². The van der Waals surface area contributed by atoms with Gasteiger partial charge in [0.15, 0.2) is 5.82 Å². The fourth-order valence-electron chi connectivity index (χ4n) is 3.05. The number of carbonyl (C=O) groups is 1. The molecule has 1 aromatic heterocycles. The molecule has 3 rings (SSSR count). The summed E-state index contributed by atoms with van der Waals surface area (Å²) in [4.78, 5) is 19.1. The summed E-state index contributed by atoms with van der Waals surface area (Å²) in [7, 11) is 0. The Kier molecular flexibility index (Phi) is 3.76. The van der Waals surface area contributed by atoms with Gasteiger partial charge in [0.05, 0.1) is 0 Å². The smallest absolute Gasteiger partial charge is 0.249 e. The fraction of sp³-hybridized carbons (Fsp3) is 0.800. The van der Waals surface area contributed by atoms with E-state index in [0.717, 1.165) is 38.1 Å².